The number of rotatable bonds is 7. The highest BCUT2D eigenvalue weighted by molar-refractivity contribution is 5.45. The number of tetrazole rings is 1. The quantitative estimate of drug-likeness (QED) is 0.788. The Morgan fingerprint density at radius 3 is 2.41 bits per heavy atom. The first-order chi connectivity index (χ1) is 10.6. The van der Waals surface area contributed by atoms with E-state index in [-0.39, 0.29) is 5.41 Å². The Kier molecular flexibility index (Phi) is 5.44. The second-order valence-corrected chi connectivity index (χ2v) is 5.74. The van der Waals surface area contributed by atoms with Crippen LogP contribution in [0.5, 0.6) is 0 Å². The minimum atomic E-state index is -0.0841. The van der Waals surface area contributed by atoms with Crippen LogP contribution in [0.2, 0.25) is 0 Å². The van der Waals surface area contributed by atoms with Crippen LogP contribution in [-0.4, -0.2) is 44.7 Å². The molecule has 0 aliphatic carbocycles. The molecule has 5 nitrogen and oxygen atoms in total. The fourth-order valence-electron chi connectivity index (χ4n) is 2.61. The molecule has 118 valence electrons. The Hall–Kier alpha value is -2.01. The van der Waals surface area contributed by atoms with Crippen molar-refractivity contribution < 1.29 is 0 Å². The molecular formula is C17H25N5. The van der Waals surface area contributed by atoms with Gasteiger partial charge in [-0.05, 0) is 35.2 Å². The molecule has 0 N–H and O–H groups in total. The number of hydrogen-bond donors (Lipinski definition) is 0. The van der Waals surface area contributed by atoms with Crippen molar-refractivity contribution >= 4 is 6.08 Å². The topological polar surface area (TPSA) is 46.8 Å². The largest absolute Gasteiger partial charge is 0.303 e. The van der Waals surface area contributed by atoms with Crippen LogP contribution in [0.15, 0.2) is 36.4 Å². The zero-order chi connectivity index (χ0) is 16.0. The van der Waals surface area contributed by atoms with E-state index in [9.17, 15) is 0 Å². The van der Waals surface area contributed by atoms with Crippen molar-refractivity contribution in [3.8, 4) is 0 Å². The van der Waals surface area contributed by atoms with Crippen LogP contribution in [0.3, 0.4) is 0 Å². The standard InChI is InChI=1S/C17H25N5/c1-5-22(6-2)14-17(3,15-10-8-7-9-11-15)13-12-16-18-19-20-21(16)4/h7-13H,5-6,14H2,1-4H3/b13-12+. The van der Waals surface area contributed by atoms with Gasteiger partial charge in [0, 0.05) is 19.0 Å². The molecule has 0 fully saturated rings. The molecular weight excluding hydrogens is 274 g/mol. The van der Waals surface area contributed by atoms with Gasteiger partial charge in [0.1, 0.15) is 0 Å². The number of aromatic nitrogens is 4. The summed E-state index contributed by atoms with van der Waals surface area (Å²) in [6.45, 7) is 9.71. The van der Waals surface area contributed by atoms with Crippen molar-refractivity contribution in [3.05, 3.63) is 47.8 Å². The summed E-state index contributed by atoms with van der Waals surface area (Å²) in [4.78, 5) is 2.44. The van der Waals surface area contributed by atoms with Crippen molar-refractivity contribution in [3.63, 3.8) is 0 Å². The van der Waals surface area contributed by atoms with Gasteiger partial charge >= 0.3 is 0 Å². The SMILES string of the molecule is CCN(CC)CC(C)(/C=C/c1nnnn1C)c1ccccc1. The van der Waals surface area contributed by atoms with E-state index in [1.54, 1.807) is 4.68 Å². The lowest BCUT2D eigenvalue weighted by Crippen LogP contribution is -2.37. The maximum absolute atomic E-state index is 4.03. The summed E-state index contributed by atoms with van der Waals surface area (Å²) in [6, 6.07) is 10.6. The predicted molar refractivity (Wildman–Crippen MR) is 89.4 cm³/mol. The third kappa shape index (κ3) is 3.80. The normalized spacial score (nSPS) is 14.6. The van der Waals surface area contributed by atoms with Gasteiger partial charge in [-0.25, -0.2) is 4.68 Å². The molecule has 1 heterocycles. The van der Waals surface area contributed by atoms with E-state index in [0.717, 1.165) is 25.5 Å². The van der Waals surface area contributed by atoms with Crippen molar-refractivity contribution in [2.24, 2.45) is 7.05 Å². The lowest BCUT2D eigenvalue weighted by Gasteiger charge is -2.33. The molecule has 1 atom stereocenters. The maximum atomic E-state index is 4.03. The molecule has 1 aromatic heterocycles. The second kappa shape index (κ2) is 7.31. The number of likely N-dealkylation sites (N-methyl/N-ethyl adjacent to an activating group) is 1. The maximum Gasteiger partial charge on any atom is 0.174 e. The fourth-order valence-corrected chi connectivity index (χ4v) is 2.61. The highest BCUT2D eigenvalue weighted by atomic mass is 15.5. The molecule has 2 aromatic rings. The monoisotopic (exact) mass is 299 g/mol. The molecule has 0 aliphatic rings. The first-order valence-electron chi connectivity index (χ1n) is 7.78. The van der Waals surface area contributed by atoms with Crippen molar-refractivity contribution in [1.82, 2.24) is 25.1 Å². The minimum Gasteiger partial charge on any atom is -0.303 e. The zero-order valence-corrected chi connectivity index (χ0v) is 13.9. The van der Waals surface area contributed by atoms with E-state index in [1.165, 1.54) is 5.56 Å². The van der Waals surface area contributed by atoms with Gasteiger partial charge in [-0.15, -0.1) is 5.10 Å². The van der Waals surface area contributed by atoms with Gasteiger partial charge in [0.15, 0.2) is 5.82 Å². The molecule has 0 amide bonds. The minimum absolute atomic E-state index is 0.0841. The average Bonchev–Trinajstić information content (AvgIpc) is 2.97. The van der Waals surface area contributed by atoms with E-state index >= 15 is 0 Å². The van der Waals surface area contributed by atoms with Gasteiger partial charge < -0.3 is 4.90 Å². The highest BCUT2D eigenvalue weighted by Crippen LogP contribution is 2.27. The lowest BCUT2D eigenvalue weighted by atomic mass is 9.81. The molecule has 0 bridgehead atoms. The van der Waals surface area contributed by atoms with Gasteiger partial charge in [0.05, 0.1) is 0 Å². The smallest absolute Gasteiger partial charge is 0.174 e. The van der Waals surface area contributed by atoms with E-state index in [4.69, 9.17) is 0 Å². The number of hydrogen-bond acceptors (Lipinski definition) is 4. The fraction of sp³-hybridized carbons (Fsp3) is 0.471. The molecule has 0 spiro atoms. The molecule has 2 rings (SSSR count). The second-order valence-electron chi connectivity index (χ2n) is 5.74. The summed E-state index contributed by atoms with van der Waals surface area (Å²) < 4.78 is 1.68. The summed E-state index contributed by atoms with van der Waals surface area (Å²) >= 11 is 0. The van der Waals surface area contributed by atoms with Crippen LogP contribution >= 0.6 is 0 Å². The number of nitrogens with zero attached hydrogens (tertiary/aromatic N) is 5. The highest BCUT2D eigenvalue weighted by Gasteiger charge is 2.25. The third-order valence-electron chi connectivity index (χ3n) is 4.13. The van der Waals surface area contributed by atoms with Crippen LogP contribution in [0, 0.1) is 0 Å². The number of aryl methyl sites for hydroxylation is 1. The van der Waals surface area contributed by atoms with Crippen LogP contribution in [0.25, 0.3) is 6.08 Å². The van der Waals surface area contributed by atoms with E-state index in [0.29, 0.717) is 0 Å². The van der Waals surface area contributed by atoms with E-state index in [1.807, 2.05) is 13.1 Å². The molecule has 0 radical (unpaired) electrons. The molecule has 22 heavy (non-hydrogen) atoms. The van der Waals surface area contributed by atoms with Gasteiger partial charge in [-0.2, -0.15) is 0 Å². The van der Waals surface area contributed by atoms with E-state index < -0.39 is 0 Å². The lowest BCUT2D eigenvalue weighted by molar-refractivity contribution is 0.260. The first-order valence-corrected chi connectivity index (χ1v) is 7.78. The van der Waals surface area contributed by atoms with Crippen LogP contribution in [0.1, 0.15) is 32.2 Å². The third-order valence-corrected chi connectivity index (χ3v) is 4.13. The summed E-state index contributed by atoms with van der Waals surface area (Å²) in [6.07, 6.45) is 4.23. The molecule has 0 saturated carbocycles. The Labute approximate surface area is 132 Å². The summed E-state index contributed by atoms with van der Waals surface area (Å²) in [5.41, 5.74) is 1.22. The predicted octanol–water partition coefficient (Wildman–Crippen LogP) is 2.52. The van der Waals surface area contributed by atoms with Gasteiger partial charge in [-0.1, -0.05) is 57.2 Å². The summed E-state index contributed by atoms with van der Waals surface area (Å²) in [7, 11) is 1.85. The average molecular weight is 299 g/mol. The Morgan fingerprint density at radius 1 is 1.18 bits per heavy atom. The molecule has 5 heteroatoms. The molecule has 1 unspecified atom stereocenters. The molecule has 0 aliphatic heterocycles. The summed E-state index contributed by atoms with van der Waals surface area (Å²) in [5.74, 6) is 0.765. The van der Waals surface area contributed by atoms with Crippen LogP contribution in [-0.2, 0) is 12.5 Å². The van der Waals surface area contributed by atoms with Gasteiger partial charge in [-0.3, -0.25) is 0 Å². The van der Waals surface area contributed by atoms with Gasteiger partial charge in [0.2, 0.25) is 0 Å². The zero-order valence-electron chi connectivity index (χ0n) is 13.9. The summed E-state index contributed by atoms with van der Waals surface area (Å²) in [5, 5.41) is 11.6. The van der Waals surface area contributed by atoms with Crippen LogP contribution < -0.4 is 0 Å². The Morgan fingerprint density at radius 2 is 1.86 bits per heavy atom. The van der Waals surface area contributed by atoms with E-state index in [2.05, 4.69) is 77.6 Å². The van der Waals surface area contributed by atoms with Gasteiger partial charge in [0.25, 0.3) is 0 Å². The van der Waals surface area contributed by atoms with Crippen molar-refractivity contribution in [2.75, 3.05) is 19.6 Å². The first kappa shape index (κ1) is 16.4. The Balaban J connectivity index is 2.33. The van der Waals surface area contributed by atoms with Crippen LogP contribution in [0.4, 0.5) is 0 Å². The number of benzene rings is 1. The molecule has 1 aromatic carbocycles. The van der Waals surface area contributed by atoms with Crippen molar-refractivity contribution in [2.45, 2.75) is 26.2 Å². The Bertz CT molecular complexity index is 601. The molecule has 0 saturated heterocycles. The van der Waals surface area contributed by atoms with Crippen molar-refractivity contribution in [1.29, 1.82) is 0 Å².